The monoisotopic (exact) mass is 350 g/mol. The molecule has 0 aliphatic heterocycles. The second-order valence-electron chi connectivity index (χ2n) is 5.77. The van der Waals surface area contributed by atoms with Gasteiger partial charge in [0, 0.05) is 12.7 Å². The van der Waals surface area contributed by atoms with Crippen molar-refractivity contribution < 1.29 is 9.59 Å². The van der Waals surface area contributed by atoms with Crippen molar-refractivity contribution in [3.05, 3.63) is 70.6 Å². The third-order valence-corrected chi connectivity index (χ3v) is 3.94. The van der Waals surface area contributed by atoms with E-state index in [4.69, 9.17) is 0 Å². The van der Waals surface area contributed by atoms with Crippen LogP contribution in [0.25, 0.3) is 11.0 Å². The van der Waals surface area contributed by atoms with Gasteiger partial charge in [-0.05, 0) is 29.8 Å². The van der Waals surface area contributed by atoms with Crippen LogP contribution in [0.5, 0.6) is 0 Å². The number of hydrogen-bond acceptors (Lipinski definition) is 4. The number of carbonyl (C=O) groups is 2. The number of fused-ring (bicyclic) bond motifs is 1. The van der Waals surface area contributed by atoms with Gasteiger partial charge >= 0.3 is 0 Å². The first-order chi connectivity index (χ1) is 12.6. The Kier molecular flexibility index (Phi) is 5.07. The molecule has 0 fully saturated rings. The van der Waals surface area contributed by atoms with Gasteiger partial charge in [-0.25, -0.2) is 4.98 Å². The third-order valence-electron chi connectivity index (χ3n) is 3.94. The minimum Gasteiger partial charge on any atom is -0.359 e. The zero-order chi connectivity index (χ0) is 18.5. The Bertz CT molecular complexity index is 1010. The molecule has 2 amide bonds. The van der Waals surface area contributed by atoms with E-state index in [1.807, 2.05) is 6.07 Å². The molecule has 0 radical (unpaired) electrons. The van der Waals surface area contributed by atoms with Crippen LogP contribution in [0.3, 0.4) is 0 Å². The first-order valence-electron chi connectivity index (χ1n) is 8.11. The number of nitrogens with one attached hydrogen (secondary N) is 2. The van der Waals surface area contributed by atoms with Crippen LogP contribution in [0.2, 0.25) is 0 Å². The smallest absolute Gasteiger partial charge is 0.269 e. The fourth-order valence-corrected chi connectivity index (χ4v) is 2.60. The largest absolute Gasteiger partial charge is 0.359 e. The standard InChI is InChI=1S/C19H18N4O3/c1-20-17(24)10-13-6-8-14(9-7-13)22-18(25)12-23-16-5-3-2-4-15(16)21-11-19(23)26/h2-9,11H,10,12H2,1H3,(H,20,24)(H,22,25). The van der Waals surface area contributed by atoms with Gasteiger partial charge < -0.3 is 10.6 Å². The lowest BCUT2D eigenvalue weighted by Gasteiger charge is -2.10. The van der Waals surface area contributed by atoms with Crippen LogP contribution in [0, 0.1) is 0 Å². The highest BCUT2D eigenvalue weighted by Crippen LogP contribution is 2.11. The molecule has 3 aromatic rings. The molecule has 7 nitrogen and oxygen atoms in total. The van der Waals surface area contributed by atoms with Gasteiger partial charge in [-0.2, -0.15) is 0 Å². The quantitative estimate of drug-likeness (QED) is 0.726. The molecule has 3 rings (SSSR count). The molecule has 26 heavy (non-hydrogen) atoms. The molecular weight excluding hydrogens is 332 g/mol. The molecule has 0 bridgehead atoms. The molecule has 0 saturated carbocycles. The Morgan fingerprint density at radius 1 is 1.04 bits per heavy atom. The molecule has 0 aliphatic rings. The fourth-order valence-electron chi connectivity index (χ4n) is 2.60. The van der Waals surface area contributed by atoms with Gasteiger partial charge in [-0.15, -0.1) is 0 Å². The molecule has 7 heteroatoms. The normalized spacial score (nSPS) is 10.5. The summed E-state index contributed by atoms with van der Waals surface area (Å²) in [6, 6.07) is 14.2. The van der Waals surface area contributed by atoms with Crippen molar-refractivity contribution in [1.29, 1.82) is 0 Å². The maximum Gasteiger partial charge on any atom is 0.269 e. The Balaban J connectivity index is 1.73. The van der Waals surface area contributed by atoms with E-state index in [0.29, 0.717) is 16.7 Å². The number of anilines is 1. The second kappa shape index (κ2) is 7.60. The molecular formula is C19H18N4O3. The Labute approximate surface area is 149 Å². The van der Waals surface area contributed by atoms with Gasteiger partial charge in [-0.3, -0.25) is 19.0 Å². The van der Waals surface area contributed by atoms with E-state index in [1.54, 1.807) is 49.5 Å². The fraction of sp³-hybridized carbons (Fsp3) is 0.158. The van der Waals surface area contributed by atoms with Gasteiger partial charge in [0.1, 0.15) is 6.54 Å². The maximum atomic E-state index is 12.3. The first-order valence-corrected chi connectivity index (χ1v) is 8.11. The molecule has 132 valence electrons. The average Bonchev–Trinajstić information content (AvgIpc) is 2.65. The van der Waals surface area contributed by atoms with Gasteiger partial charge in [0.2, 0.25) is 11.8 Å². The van der Waals surface area contributed by atoms with E-state index < -0.39 is 0 Å². The number of rotatable bonds is 5. The number of likely N-dealkylation sites (N-methyl/N-ethyl adjacent to an activating group) is 1. The summed E-state index contributed by atoms with van der Waals surface area (Å²) in [6.07, 6.45) is 1.49. The molecule has 0 aliphatic carbocycles. The van der Waals surface area contributed by atoms with Crippen LogP contribution in [0.15, 0.2) is 59.5 Å². The van der Waals surface area contributed by atoms with Crippen molar-refractivity contribution in [2.45, 2.75) is 13.0 Å². The highest BCUT2D eigenvalue weighted by Gasteiger charge is 2.09. The molecule has 1 heterocycles. The Morgan fingerprint density at radius 3 is 2.50 bits per heavy atom. The van der Waals surface area contributed by atoms with E-state index in [2.05, 4.69) is 15.6 Å². The molecule has 1 aromatic heterocycles. The summed E-state index contributed by atoms with van der Waals surface area (Å²) in [5.74, 6) is -0.395. The van der Waals surface area contributed by atoms with E-state index in [0.717, 1.165) is 5.56 Å². The van der Waals surface area contributed by atoms with Crippen LogP contribution in [-0.2, 0) is 22.6 Å². The van der Waals surface area contributed by atoms with E-state index in [-0.39, 0.29) is 30.3 Å². The van der Waals surface area contributed by atoms with Gasteiger partial charge in [-0.1, -0.05) is 24.3 Å². The minimum atomic E-state index is -0.334. The van der Waals surface area contributed by atoms with Crippen molar-refractivity contribution in [3.8, 4) is 0 Å². The predicted octanol–water partition coefficient (Wildman–Crippen LogP) is 1.32. The van der Waals surface area contributed by atoms with Crippen LogP contribution in [0.1, 0.15) is 5.56 Å². The molecule has 0 saturated heterocycles. The van der Waals surface area contributed by atoms with Crippen LogP contribution in [0.4, 0.5) is 5.69 Å². The molecule has 2 N–H and O–H groups in total. The lowest BCUT2D eigenvalue weighted by Crippen LogP contribution is -2.28. The van der Waals surface area contributed by atoms with E-state index in [9.17, 15) is 14.4 Å². The minimum absolute atomic E-state index is 0.0780. The van der Waals surface area contributed by atoms with E-state index in [1.165, 1.54) is 10.8 Å². The van der Waals surface area contributed by atoms with Crippen molar-refractivity contribution in [2.75, 3.05) is 12.4 Å². The average molecular weight is 350 g/mol. The molecule has 0 atom stereocenters. The highest BCUT2D eigenvalue weighted by molar-refractivity contribution is 5.91. The lowest BCUT2D eigenvalue weighted by atomic mass is 10.1. The summed E-state index contributed by atoms with van der Waals surface area (Å²) in [5, 5.41) is 5.32. The lowest BCUT2D eigenvalue weighted by molar-refractivity contribution is -0.120. The van der Waals surface area contributed by atoms with Crippen molar-refractivity contribution in [1.82, 2.24) is 14.9 Å². The topological polar surface area (TPSA) is 93.1 Å². The van der Waals surface area contributed by atoms with Crippen LogP contribution >= 0.6 is 0 Å². The van der Waals surface area contributed by atoms with Crippen molar-refractivity contribution in [2.24, 2.45) is 0 Å². The molecule has 0 unspecified atom stereocenters. The number of benzene rings is 2. The number of hydrogen-bond donors (Lipinski definition) is 2. The maximum absolute atomic E-state index is 12.3. The molecule has 0 spiro atoms. The molecule has 2 aromatic carbocycles. The van der Waals surface area contributed by atoms with Gasteiger partial charge in [0.05, 0.1) is 23.7 Å². The highest BCUT2D eigenvalue weighted by atomic mass is 16.2. The number of amides is 2. The van der Waals surface area contributed by atoms with Crippen LogP contribution in [-0.4, -0.2) is 28.4 Å². The predicted molar refractivity (Wildman–Crippen MR) is 98.8 cm³/mol. The summed E-state index contributed by atoms with van der Waals surface area (Å²) < 4.78 is 1.39. The van der Waals surface area contributed by atoms with Crippen LogP contribution < -0.4 is 16.2 Å². The summed E-state index contributed by atoms with van der Waals surface area (Å²) in [6.45, 7) is -0.109. The number of nitrogens with zero attached hydrogens (tertiary/aromatic N) is 2. The SMILES string of the molecule is CNC(=O)Cc1ccc(NC(=O)Cn2c(=O)cnc3ccccc32)cc1. The Hall–Kier alpha value is -3.48. The van der Waals surface area contributed by atoms with Crippen molar-refractivity contribution >= 4 is 28.5 Å². The second-order valence-corrected chi connectivity index (χ2v) is 5.77. The Morgan fingerprint density at radius 2 is 1.77 bits per heavy atom. The van der Waals surface area contributed by atoms with Gasteiger partial charge in [0.15, 0.2) is 0 Å². The summed E-state index contributed by atoms with van der Waals surface area (Å²) >= 11 is 0. The zero-order valence-corrected chi connectivity index (χ0v) is 14.2. The first kappa shape index (κ1) is 17.3. The number of para-hydroxylation sites is 2. The summed E-state index contributed by atoms with van der Waals surface area (Å²) in [7, 11) is 1.58. The third kappa shape index (κ3) is 3.94. The number of aromatic nitrogens is 2. The zero-order valence-electron chi connectivity index (χ0n) is 14.2. The van der Waals surface area contributed by atoms with E-state index >= 15 is 0 Å². The van der Waals surface area contributed by atoms with Gasteiger partial charge in [0.25, 0.3) is 5.56 Å². The summed E-state index contributed by atoms with van der Waals surface area (Å²) in [4.78, 5) is 39.9. The summed E-state index contributed by atoms with van der Waals surface area (Å²) in [5.41, 5.74) is 2.37. The number of carbonyl (C=O) groups excluding carboxylic acids is 2. The van der Waals surface area contributed by atoms with Crippen molar-refractivity contribution in [3.63, 3.8) is 0 Å².